The summed E-state index contributed by atoms with van der Waals surface area (Å²) >= 11 is 0. The first-order valence-corrected chi connectivity index (χ1v) is 5.42. The quantitative estimate of drug-likeness (QED) is 0.526. The Morgan fingerprint density at radius 2 is 1.62 bits per heavy atom. The lowest BCUT2D eigenvalue weighted by atomic mass is 10.0. The van der Waals surface area contributed by atoms with Crippen LogP contribution in [0.1, 0.15) is 54.4 Å². The highest BCUT2D eigenvalue weighted by atomic mass is 14.0. The molecule has 0 bridgehead atoms. The predicted molar refractivity (Wildman–Crippen MR) is 66.1 cm³/mol. The molecule has 0 aliphatic heterocycles. The first-order chi connectivity index (χ1) is 6.16. The van der Waals surface area contributed by atoms with Crippen LogP contribution in [-0.4, -0.2) is 0 Å². The molecule has 0 radical (unpaired) electrons. The van der Waals surface area contributed by atoms with Crippen molar-refractivity contribution in [2.75, 3.05) is 0 Å². The van der Waals surface area contributed by atoms with Crippen molar-refractivity contribution in [3.05, 3.63) is 24.8 Å². The van der Waals surface area contributed by atoms with Gasteiger partial charge in [-0.1, -0.05) is 46.3 Å². The Balaban J connectivity index is -0.000000218. The van der Waals surface area contributed by atoms with Gasteiger partial charge >= 0.3 is 0 Å². The molecule has 0 N–H and O–H groups in total. The normalized spacial score (nSPS) is 9.69. The first-order valence-electron chi connectivity index (χ1n) is 5.42. The Morgan fingerprint density at radius 3 is 1.85 bits per heavy atom. The minimum atomic E-state index is 0.722. The number of hydrogen-bond acceptors (Lipinski definition) is 0. The molecule has 1 atom stereocenters. The molecule has 13 heavy (non-hydrogen) atoms. The third-order valence-corrected chi connectivity index (χ3v) is 1.27. The summed E-state index contributed by atoms with van der Waals surface area (Å²) in [5.41, 5.74) is 1.27. The lowest BCUT2D eigenvalue weighted by Crippen LogP contribution is -1.91. The van der Waals surface area contributed by atoms with Gasteiger partial charge in [0, 0.05) is 0 Å². The molecule has 80 valence electrons. The van der Waals surface area contributed by atoms with Crippen molar-refractivity contribution in [3.8, 4) is 0 Å². The highest BCUT2D eigenvalue weighted by molar-refractivity contribution is 4.90. The van der Waals surface area contributed by atoms with E-state index in [1.165, 1.54) is 5.57 Å². The van der Waals surface area contributed by atoms with Gasteiger partial charge in [-0.15, -0.1) is 13.2 Å². The van der Waals surface area contributed by atoms with E-state index in [2.05, 4.69) is 27.0 Å². The van der Waals surface area contributed by atoms with Crippen LogP contribution in [0.2, 0.25) is 0 Å². The minimum Gasteiger partial charge on any atom is -0.103 e. The molecule has 0 aromatic rings. The third-order valence-electron chi connectivity index (χ3n) is 1.27. The minimum absolute atomic E-state index is 0.722. The lowest BCUT2D eigenvalue weighted by Gasteiger charge is -2.06. The topological polar surface area (TPSA) is 0 Å². The van der Waals surface area contributed by atoms with Crippen LogP contribution in [0.3, 0.4) is 0 Å². The maximum Gasteiger partial charge on any atom is -0.0297 e. The fourth-order valence-corrected chi connectivity index (χ4v) is 0.963. The van der Waals surface area contributed by atoms with Gasteiger partial charge in [-0.3, -0.25) is 0 Å². The Morgan fingerprint density at radius 1 is 1.23 bits per heavy atom. The molecule has 0 fully saturated rings. The van der Waals surface area contributed by atoms with Gasteiger partial charge in [-0.2, -0.15) is 0 Å². The molecular formula is C13H28. The van der Waals surface area contributed by atoms with Crippen LogP contribution >= 0.6 is 0 Å². The van der Waals surface area contributed by atoms with Gasteiger partial charge in [0.1, 0.15) is 0 Å². The smallest absolute Gasteiger partial charge is 0.0297 e. The molecule has 0 saturated heterocycles. The summed E-state index contributed by atoms with van der Waals surface area (Å²) in [6.07, 6.45) is 4.20. The summed E-state index contributed by atoms with van der Waals surface area (Å²) in [6, 6.07) is 0. The highest BCUT2D eigenvalue weighted by Gasteiger charge is 1.97. The van der Waals surface area contributed by atoms with Gasteiger partial charge in [-0.25, -0.2) is 0 Å². The molecule has 0 spiro atoms. The van der Waals surface area contributed by atoms with E-state index in [1.807, 2.05) is 33.8 Å². The largest absolute Gasteiger partial charge is 0.103 e. The van der Waals surface area contributed by atoms with Crippen LogP contribution in [0.4, 0.5) is 0 Å². The second kappa shape index (κ2) is 17.5. The molecule has 0 aliphatic carbocycles. The van der Waals surface area contributed by atoms with E-state index < -0.39 is 0 Å². The monoisotopic (exact) mass is 184 g/mol. The summed E-state index contributed by atoms with van der Waals surface area (Å²) in [5.74, 6) is 0.722. The van der Waals surface area contributed by atoms with Crippen LogP contribution in [0.15, 0.2) is 24.8 Å². The Kier molecular flexibility index (Phi) is 24.7. The molecule has 0 aliphatic rings. The molecule has 0 heteroatoms. The van der Waals surface area contributed by atoms with Gasteiger partial charge < -0.3 is 0 Å². The highest BCUT2D eigenvalue weighted by Crippen LogP contribution is 2.12. The van der Waals surface area contributed by atoms with Crippen molar-refractivity contribution in [1.82, 2.24) is 0 Å². The molecule has 0 saturated carbocycles. The summed E-state index contributed by atoms with van der Waals surface area (Å²) in [6.45, 7) is 19.8. The summed E-state index contributed by atoms with van der Waals surface area (Å²) in [7, 11) is 0. The van der Waals surface area contributed by atoms with Gasteiger partial charge in [0.2, 0.25) is 0 Å². The molecule has 0 aromatic carbocycles. The SMILES string of the molecule is C=CCC(C)CC(=C)C.CC.CC. The van der Waals surface area contributed by atoms with E-state index in [4.69, 9.17) is 0 Å². The van der Waals surface area contributed by atoms with Crippen molar-refractivity contribution in [1.29, 1.82) is 0 Å². The lowest BCUT2D eigenvalue weighted by molar-refractivity contribution is 0.588. The maximum atomic E-state index is 3.84. The second-order valence-electron chi connectivity index (χ2n) is 2.79. The van der Waals surface area contributed by atoms with E-state index in [-0.39, 0.29) is 0 Å². The van der Waals surface area contributed by atoms with Crippen molar-refractivity contribution in [3.63, 3.8) is 0 Å². The average molecular weight is 184 g/mol. The first kappa shape index (κ1) is 18.3. The van der Waals surface area contributed by atoms with Crippen LogP contribution in [0.25, 0.3) is 0 Å². The van der Waals surface area contributed by atoms with Crippen LogP contribution in [0, 0.1) is 5.92 Å². The number of rotatable bonds is 4. The van der Waals surface area contributed by atoms with E-state index >= 15 is 0 Å². The second-order valence-corrected chi connectivity index (χ2v) is 2.79. The van der Waals surface area contributed by atoms with Gasteiger partial charge in [0.25, 0.3) is 0 Å². The summed E-state index contributed by atoms with van der Waals surface area (Å²) in [4.78, 5) is 0. The molecule has 1 unspecified atom stereocenters. The molecule has 0 aromatic heterocycles. The van der Waals surface area contributed by atoms with Crippen molar-refractivity contribution < 1.29 is 0 Å². The molecular weight excluding hydrogens is 156 g/mol. The van der Waals surface area contributed by atoms with Crippen molar-refractivity contribution in [2.45, 2.75) is 54.4 Å². The van der Waals surface area contributed by atoms with E-state index in [9.17, 15) is 0 Å². The van der Waals surface area contributed by atoms with Crippen molar-refractivity contribution in [2.24, 2.45) is 5.92 Å². The summed E-state index contributed by atoms with van der Waals surface area (Å²) in [5, 5.41) is 0. The third kappa shape index (κ3) is 24.6. The zero-order valence-corrected chi connectivity index (χ0v) is 10.5. The Hall–Kier alpha value is -0.520. The predicted octanol–water partition coefficient (Wildman–Crippen LogP) is 5.22. The number of allylic oxidation sites excluding steroid dienone is 2. The van der Waals surface area contributed by atoms with E-state index in [1.54, 1.807) is 0 Å². The standard InChI is InChI=1S/C9H16.2C2H6/c1-5-6-9(4)7-8(2)3;2*1-2/h5,9H,1-2,6-7H2,3-4H3;2*1-2H3. The van der Waals surface area contributed by atoms with E-state index in [0.29, 0.717) is 0 Å². The van der Waals surface area contributed by atoms with Gasteiger partial charge in [0.05, 0.1) is 0 Å². The van der Waals surface area contributed by atoms with Crippen LogP contribution < -0.4 is 0 Å². The molecule has 0 amide bonds. The summed E-state index contributed by atoms with van der Waals surface area (Å²) < 4.78 is 0. The average Bonchev–Trinajstić information content (AvgIpc) is 2.10. The van der Waals surface area contributed by atoms with Crippen LogP contribution in [0.5, 0.6) is 0 Å². The number of hydrogen-bond donors (Lipinski definition) is 0. The Bertz CT molecular complexity index is 101. The van der Waals surface area contributed by atoms with E-state index in [0.717, 1.165) is 18.8 Å². The fourth-order valence-electron chi connectivity index (χ4n) is 0.963. The van der Waals surface area contributed by atoms with Crippen molar-refractivity contribution >= 4 is 0 Å². The fraction of sp³-hybridized carbons (Fsp3) is 0.692. The molecule has 0 nitrogen and oxygen atoms in total. The molecule has 0 rings (SSSR count). The zero-order valence-electron chi connectivity index (χ0n) is 10.5. The maximum absolute atomic E-state index is 3.84. The van der Waals surface area contributed by atoms with Gasteiger partial charge in [-0.05, 0) is 25.7 Å². The van der Waals surface area contributed by atoms with Crippen LogP contribution in [-0.2, 0) is 0 Å². The Labute approximate surface area is 85.8 Å². The zero-order chi connectivity index (χ0) is 11.3. The van der Waals surface area contributed by atoms with Gasteiger partial charge in [0.15, 0.2) is 0 Å². The molecule has 0 heterocycles.